The Morgan fingerprint density at radius 3 is 2.36 bits per heavy atom. The summed E-state index contributed by atoms with van der Waals surface area (Å²) < 4.78 is 49.1. The zero-order chi connectivity index (χ0) is 30.1. The Labute approximate surface area is 240 Å². The van der Waals surface area contributed by atoms with Crippen LogP contribution in [0.5, 0.6) is 5.75 Å². The van der Waals surface area contributed by atoms with E-state index in [0.717, 1.165) is 27.2 Å². The number of carbonyl (C=O) groups excluding carboxylic acids is 2. The van der Waals surface area contributed by atoms with Gasteiger partial charge in [-0.25, -0.2) is 4.79 Å². The number of piperidine rings is 1. The molecular weight excluding hydrogens is 553 g/mol. The molecule has 3 aromatic rings. The number of amides is 2. The molecule has 1 aromatic heterocycles. The molecule has 5 rings (SSSR count). The molecule has 0 aliphatic carbocycles. The molecule has 0 bridgehead atoms. The number of halogens is 3. The van der Waals surface area contributed by atoms with Gasteiger partial charge in [-0.15, -0.1) is 10.2 Å². The summed E-state index contributed by atoms with van der Waals surface area (Å²) in [5.41, 5.74) is 2.44. The van der Waals surface area contributed by atoms with Gasteiger partial charge in [-0.2, -0.15) is 18.0 Å². The molecule has 2 aliphatic heterocycles. The van der Waals surface area contributed by atoms with E-state index in [1.54, 1.807) is 10.2 Å². The number of alkyl halides is 3. The first kappa shape index (κ1) is 29.1. The second-order valence-electron chi connectivity index (χ2n) is 11.2. The van der Waals surface area contributed by atoms with Gasteiger partial charge < -0.3 is 19.7 Å². The molecule has 1 N–H and O–H groups in total. The topological polar surface area (TPSA) is 111 Å². The highest BCUT2D eigenvalue weighted by Gasteiger charge is 2.41. The Kier molecular flexibility index (Phi) is 7.69. The van der Waals surface area contributed by atoms with Crippen molar-refractivity contribution in [3.63, 3.8) is 0 Å². The van der Waals surface area contributed by atoms with Gasteiger partial charge in [0.1, 0.15) is 17.0 Å². The molecule has 10 nitrogen and oxygen atoms in total. The Morgan fingerprint density at radius 1 is 1.02 bits per heavy atom. The number of likely N-dealkylation sites (tertiary alicyclic amines) is 1. The van der Waals surface area contributed by atoms with Gasteiger partial charge in [-0.3, -0.25) is 4.79 Å². The molecule has 0 saturated carbocycles. The largest absolute Gasteiger partial charge is 0.482 e. The summed E-state index contributed by atoms with van der Waals surface area (Å²) in [4.78, 5) is 26.4. The van der Waals surface area contributed by atoms with E-state index in [-0.39, 0.29) is 19.2 Å². The van der Waals surface area contributed by atoms with Crippen molar-refractivity contribution in [2.45, 2.75) is 57.5 Å². The number of aromatic nitrogens is 4. The lowest BCUT2D eigenvalue weighted by atomic mass is 9.83. The summed E-state index contributed by atoms with van der Waals surface area (Å²) in [6.07, 6.45) is -1.91. The lowest BCUT2D eigenvalue weighted by molar-refractivity contribution is -0.173. The maximum atomic E-state index is 12.6. The Bertz CT molecular complexity index is 1490. The number of nitrogens with zero attached hydrogens (tertiary/aromatic N) is 5. The highest BCUT2D eigenvalue weighted by Crippen LogP contribution is 2.43. The molecule has 3 heterocycles. The number of ether oxygens (including phenoxy) is 2. The molecule has 0 unspecified atom stereocenters. The molecule has 1 saturated heterocycles. The van der Waals surface area contributed by atoms with Gasteiger partial charge in [0, 0.05) is 43.6 Å². The Morgan fingerprint density at radius 2 is 1.69 bits per heavy atom. The van der Waals surface area contributed by atoms with Crippen LogP contribution in [-0.4, -0.2) is 74.1 Å². The van der Waals surface area contributed by atoms with Crippen LogP contribution in [-0.2, 0) is 16.1 Å². The van der Waals surface area contributed by atoms with E-state index in [9.17, 15) is 22.8 Å². The molecular formula is C29H31F3N6O4. The lowest BCUT2D eigenvalue weighted by Gasteiger charge is -2.43. The molecule has 13 heteroatoms. The van der Waals surface area contributed by atoms with Gasteiger partial charge in [0.25, 0.3) is 0 Å². The quantitative estimate of drug-likeness (QED) is 0.466. The fraction of sp³-hybridized carbons (Fsp3) is 0.414. The van der Waals surface area contributed by atoms with E-state index in [0.29, 0.717) is 37.3 Å². The van der Waals surface area contributed by atoms with Crippen LogP contribution in [0.1, 0.15) is 44.7 Å². The SMILES string of the molecule is CC(C)(C)OC(=O)N1CCC2(C=C(c3ccc(-c4nnn(CCNC(=O)C(F)(F)F)n4)cc3)c3ccccc3O2)CC1. The number of hydrogen-bond acceptors (Lipinski definition) is 7. The molecule has 42 heavy (non-hydrogen) atoms. The fourth-order valence-electron chi connectivity index (χ4n) is 4.87. The van der Waals surface area contributed by atoms with Gasteiger partial charge in [-0.05, 0) is 49.3 Å². The van der Waals surface area contributed by atoms with Crippen molar-refractivity contribution in [2.24, 2.45) is 0 Å². The van der Waals surface area contributed by atoms with Crippen LogP contribution in [0.2, 0.25) is 0 Å². The first-order valence-electron chi connectivity index (χ1n) is 13.5. The van der Waals surface area contributed by atoms with Gasteiger partial charge in [-0.1, -0.05) is 42.5 Å². The van der Waals surface area contributed by atoms with Gasteiger partial charge in [0.15, 0.2) is 0 Å². The highest BCUT2D eigenvalue weighted by molar-refractivity contribution is 5.85. The van der Waals surface area contributed by atoms with Crippen molar-refractivity contribution in [3.8, 4) is 17.1 Å². The Hall–Kier alpha value is -4.42. The number of nitrogens with one attached hydrogen (secondary N) is 1. The van der Waals surface area contributed by atoms with Gasteiger partial charge in [0.05, 0.1) is 6.54 Å². The third kappa shape index (κ3) is 6.55. The summed E-state index contributed by atoms with van der Waals surface area (Å²) in [5.74, 6) is -0.944. The molecule has 0 radical (unpaired) electrons. The zero-order valence-corrected chi connectivity index (χ0v) is 23.4. The minimum Gasteiger partial charge on any atom is -0.482 e. The maximum Gasteiger partial charge on any atom is 0.471 e. The molecule has 2 aliphatic rings. The number of benzene rings is 2. The number of rotatable bonds is 5. The van der Waals surface area contributed by atoms with Crippen LogP contribution >= 0.6 is 0 Å². The molecule has 0 atom stereocenters. The van der Waals surface area contributed by atoms with E-state index in [4.69, 9.17) is 9.47 Å². The Balaban J connectivity index is 1.31. The maximum absolute atomic E-state index is 12.6. The summed E-state index contributed by atoms with van der Waals surface area (Å²) in [6.45, 7) is 6.19. The molecule has 1 spiro atoms. The summed E-state index contributed by atoms with van der Waals surface area (Å²) in [6, 6.07) is 15.4. The van der Waals surface area contributed by atoms with Crippen LogP contribution in [0.15, 0.2) is 54.6 Å². The van der Waals surface area contributed by atoms with Crippen molar-refractivity contribution >= 4 is 17.6 Å². The highest BCUT2D eigenvalue weighted by atomic mass is 19.4. The molecule has 2 aromatic carbocycles. The zero-order valence-electron chi connectivity index (χ0n) is 23.4. The average molecular weight is 585 g/mol. The summed E-state index contributed by atoms with van der Waals surface area (Å²) >= 11 is 0. The van der Waals surface area contributed by atoms with E-state index in [1.807, 2.05) is 69.3 Å². The second kappa shape index (κ2) is 11.1. The predicted octanol–water partition coefficient (Wildman–Crippen LogP) is 4.61. The van der Waals surface area contributed by atoms with E-state index >= 15 is 0 Å². The van der Waals surface area contributed by atoms with E-state index in [2.05, 4.69) is 21.5 Å². The standard InChI is InChI=1S/C29H31F3N6O4/c1-27(2,3)42-26(40)37-15-12-28(13-16-37)18-22(21-6-4-5-7-23(21)41-28)19-8-10-20(11-9-19)24-34-36-38(35-24)17-14-33-25(39)29(30,31)32/h4-11,18H,12-17H2,1-3H3,(H,33,39). The third-order valence-corrected chi connectivity index (χ3v) is 6.92. The van der Waals surface area contributed by atoms with Crippen LogP contribution in [0, 0.1) is 0 Å². The van der Waals surface area contributed by atoms with Crippen LogP contribution in [0.25, 0.3) is 17.0 Å². The third-order valence-electron chi connectivity index (χ3n) is 6.92. The van der Waals surface area contributed by atoms with Crippen LogP contribution in [0.3, 0.4) is 0 Å². The van der Waals surface area contributed by atoms with Crippen molar-refractivity contribution in [1.29, 1.82) is 0 Å². The molecule has 1 fully saturated rings. The van der Waals surface area contributed by atoms with Crippen molar-refractivity contribution < 1.29 is 32.2 Å². The minimum absolute atomic E-state index is 0.0655. The second-order valence-corrected chi connectivity index (χ2v) is 11.2. The van der Waals surface area contributed by atoms with Crippen molar-refractivity contribution in [3.05, 3.63) is 65.7 Å². The normalized spacial score (nSPS) is 16.3. The van der Waals surface area contributed by atoms with Gasteiger partial charge in [0.2, 0.25) is 5.82 Å². The first-order valence-corrected chi connectivity index (χ1v) is 13.5. The first-order chi connectivity index (χ1) is 19.8. The average Bonchev–Trinajstić information content (AvgIpc) is 3.40. The van der Waals surface area contributed by atoms with E-state index in [1.165, 1.54) is 0 Å². The molecule has 222 valence electrons. The van der Waals surface area contributed by atoms with E-state index < -0.39 is 23.3 Å². The number of carbonyl (C=O) groups is 2. The molecule has 2 amide bonds. The number of fused-ring (bicyclic) bond motifs is 1. The number of hydrogen-bond donors (Lipinski definition) is 1. The van der Waals surface area contributed by atoms with Crippen molar-refractivity contribution in [2.75, 3.05) is 19.6 Å². The monoisotopic (exact) mass is 584 g/mol. The lowest BCUT2D eigenvalue weighted by Crippen LogP contribution is -2.50. The number of tetrazole rings is 1. The fourth-order valence-corrected chi connectivity index (χ4v) is 4.87. The van der Waals surface area contributed by atoms with Gasteiger partial charge >= 0.3 is 18.2 Å². The van der Waals surface area contributed by atoms with Crippen LogP contribution in [0.4, 0.5) is 18.0 Å². The van der Waals surface area contributed by atoms with Crippen LogP contribution < -0.4 is 10.1 Å². The summed E-state index contributed by atoms with van der Waals surface area (Å²) in [7, 11) is 0. The predicted molar refractivity (Wildman–Crippen MR) is 146 cm³/mol. The van der Waals surface area contributed by atoms with Crippen molar-refractivity contribution in [1.82, 2.24) is 30.4 Å². The number of para-hydroxylation sites is 1. The summed E-state index contributed by atoms with van der Waals surface area (Å²) in [5, 5.41) is 13.9. The minimum atomic E-state index is -4.94. The smallest absolute Gasteiger partial charge is 0.471 e.